The van der Waals surface area contributed by atoms with Crippen molar-refractivity contribution < 1.29 is 22.0 Å². The zero-order valence-corrected chi connectivity index (χ0v) is 18.6. The number of carbonyl (C=O) groups excluding carboxylic acids is 1. The van der Waals surface area contributed by atoms with Crippen molar-refractivity contribution in [2.24, 2.45) is 5.92 Å². The van der Waals surface area contributed by atoms with Gasteiger partial charge in [0.25, 0.3) is 0 Å². The van der Waals surface area contributed by atoms with E-state index in [0.717, 1.165) is 12.1 Å². The van der Waals surface area contributed by atoms with Crippen molar-refractivity contribution >= 4 is 38.5 Å². The third kappa shape index (κ3) is 4.58. The number of nitrogens with two attached hydrogens (primary N) is 1. The maximum Gasteiger partial charge on any atom is 0.235 e. The summed E-state index contributed by atoms with van der Waals surface area (Å²) in [5.41, 5.74) is 5.54. The van der Waals surface area contributed by atoms with Crippen molar-refractivity contribution in [2.45, 2.75) is 30.9 Å². The first-order valence-corrected chi connectivity index (χ1v) is 12.0. The van der Waals surface area contributed by atoms with Crippen molar-refractivity contribution in [3.8, 4) is 11.1 Å². The molecule has 2 atom stereocenters. The van der Waals surface area contributed by atoms with E-state index in [0.29, 0.717) is 30.2 Å². The Balaban J connectivity index is 1.66. The maximum absolute atomic E-state index is 15.4. The highest BCUT2D eigenvalue weighted by Gasteiger charge is 2.35. The molecule has 0 bridgehead atoms. The number of benzene rings is 2. The molecule has 1 saturated carbocycles. The predicted octanol–water partition coefficient (Wildman–Crippen LogP) is 3.20. The smallest absolute Gasteiger partial charge is 0.235 e. The molecule has 0 spiro atoms. The molecule has 1 aliphatic carbocycles. The lowest BCUT2D eigenvalue weighted by Gasteiger charge is -2.28. The topological polar surface area (TPSA) is 127 Å². The number of carbonyl (C=O) groups is 1. The minimum atomic E-state index is -4.01. The van der Waals surface area contributed by atoms with Gasteiger partial charge in [0.15, 0.2) is 5.82 Å². The standard InChI is InChI=1S/C22H23F2N5O3S/c1-26-21(30)13-3-2-4-15(10-13)33(31,32)29-18-8-6-16(23)19(20(18)24)12-5-7-17-14(9-12)11-27-22(25)28-17/h5-9,11,13,15,29H,2-4,10H2,1H3,(H,26,30)(H2,25,27,28). The fourth-order valence-corrected chi connectivity index (χ4v) is 5.80. The Morgan fingerprint density at radius 1 is 1.18 bits per heavy atom. The number of rotatable bonds is 5. The zero-order chi connectivity index (χ0) is 23.8. The Kier molecular flexibility index (Phi) is 6.15. The number of fused-ring (bicyclic) bond motifs is 1. The molecule has 4 N–H and O–H groups in total. The van der Waals surface area contributed by atoms with Crippen molar-refractivity contribution in [1.29, 1.82) is 0 Å². The summed E-state index contributed by atoms with van der Waals surface area (Å²) in [5.74, 6) is -2.44. The van der Waals surface area contributed by atoms with Crippen LogP contribution in [0.3, 0.4) is 0 Å². The minimum absolute atomic E-state index is 0.0744. The summed E-state index contributed by atoms with van der Waals surface area (Å²) in [7, 11) is -2.51. The lowest BCUT2D eigenvalue weighted by Crippen LogP contribution is -2.38. The number of anilines is 2. The highest BCUT2D eigenvalue weighted by atomic mass is 32.2. The van der Waals surface area contributed by atoms with E-state index in [2.05, 4.69) is 20.0 Å². The summed E-state index contributed by atoms with van der Waals surface area (Å²) < 4.78 is 58.2. The molecule has 0 saturated heterocycles. The molecule has 2 aromatic carbocycles. The van der Waals surface area contributed by atoms with Crippen LogP contribution in [0.5, 0.6) is 0 Å². The number of sulfonamides is 1. The fourth-order valence-electron chi connectivity index (χ4n) is 4.20. The molecule has 4 rings (SSSR count). The molecule has 0 radical (unpaired) electrons. The van der Waals surface area contributed by atoms with Crippen LogP contribution in [0.25, 0.3) is 22.0 Å². The zero-order valence-electron chi connectivity index (χ0n) is 17.8. The average Bonchev–Trinajstić information content (AvgIpc) is 2.80. The average molecular weight is 476 g/mol. The number of hydrogen-bond acceptors (Lipinski definition) is 6. The maximum atomic E-state index is 15.4. The van der Waals surface area contributed by atoms with E-state index in [4.69, 9.17) is 5.73 Å². The van der Waals surface area contributed by atoms with Gasteiger partial charge in [-0.25, -0.2) is 27.2 Å². The number of nitrogens with one attached hydrogen (secondary N) is 2. The molecule has 2 unspecified atom stereocenters. The summed E-state index contributed by atoms with van der Waals surface area (Å²) in [5, 5.41) is 2.21. The Labute approximate surface area is 189 Å². The highest BCUT2D eigenvalue weighted by Crippen LogP contribution is 2.34. The predicted molar refractivity (Wildman–Crippen MR) is 122 cm³/mol. The van der Waals surface area contributed by atoms with Gasteiger partial charge in [-0.05, 0) is 49.1 Å². The number of halogens is 2. The summed E-state index contributed by atoms with van der Waals surface area (Å²) in [6, 6.07) is 6.59. The van der Waals surface area contributed by atoms with E-state index in [1.54, 1.807) is 6.07 Å². The molecule has 1 aromatic heterocycles. The van der Waals surface area contributed by atoms with E-state index in [1.807, 2.05) is 0 Å². The number of amides is 1. The monoisotopic (exact) mass is 475 g/mol. The highest BCUT2D eigenvalue weighted by molar-refractivity contribution is 7.93. The van der Waals surface area contributed by atoms with Gasteiger partial charge in [0.2, 0.25) is 21.9 Å². The molecule has 1 aliphatic rings. The van der Waals surface area contributed by atoms with Gasteiger partial charge in [-0.2, -0.15) is 0 Å². The number of nitrogen functional groups attached to an aromatic ring is 1. The molecular weight excluding hydrogens is 452 g/mol. The number of hydrogen-bond donors (Lipinski definition) is 3. The van der Waals surface area contributed by atoms with E-state index < -0.39 is 32.8 Å². The second kappa shape index (κ2) is 8.89. The Morgan fingerprint density at radius 2 is 1.97 bits per heavy atom. The second-order valence-corrected chi connectivity index (χ2v) is 9.99. The summed E-state index contributed by atoms with van der Waals surface area (Å²) in [4.78, 5) is 19.9. The largest absolute Gasteiger partial charge is 0.368 e. The van der Waals surface area contributed by atoms with Crippen LogP contribution < -0.4 is 15.8 Å². The SMILES string of the molecule is CNC(=O)C1CCCC(S(=O)(=O)Nc2ccc(F)c(-c3ccc4nc(N)ncc4c3)c2F)C1. The summed E-state index contributed by atoms with van der Waals surface area (Å²) in [6.45, 7) is 0. The molecule has 3 aromatic rings. The third-order valence-corrected chi connectivity index (χ3v) is 7.72. The first kappa shape index (κ1) is 22.8. The normalized spacial score (nSPS) is 18.8. The van der Waals surface area contributed by atoms with Gasteiger partial charge in [-0.1, -0.05) is 12.5 Å². The van der Waals surface area contributed by atoms with Crippen molar-refractivity contribution in [3.63, 3.8) is 0 Å². The first-order valence-electron chi connectivity index (χ1n) is 10.4. The molecule has 174 valence electrons. The van der Waals surface area contributed by atoms with Crippen LogP contribution in [0.1, 0.15) is 25.7 Å². The minimum Gasteiger partial charge on any atom is -0.368 e. The van der Waals surface area contributed by atoms with Gasteiger partial charge in [0, 0.05) is 24.5 Å². The van der Waals surface area contributed by atoms with Crippen molar-refractivity contribution in [3.05, 3.63) is 48.2 Å². The van der Waals surface area contributed by atoms with E-state index in [9.17, 15) is 17.6 Å². The number of nitrogens with zero attached hydrogens (tertiary/aromatic N) is 2. The van der Waals surface area contributed by atoms with Crippen LogP contribution in [0, 0.1) is 17.6 Å². The van der Waals surface area contributed by atoms with Crippen LogP contribution in [0.2, 0.25) is 0 Å². The first-order chi connectivity index (χ1) is 15.7. The van der Waals surface area contributed by atoms with Crippen LogP contribution >= 0.6 is 0 Å². The van der Waals surface area contributed by atoms with E-state index in [1.165, 1.54) is 25.4 Å². The van der Waals surface area contributed by atoms with Crippen LogP contribution in [-0.4, -0.2) is 36.6 Å². The Hall–Kier alpha value is -3.34. The Morgan fingerprint density at radius 3 is 2.73 bits per heavy atom. The van der Waals surface area contributed by atoms with Crippen LogP contribution in [-0.2, 0) is 14.8 Å². The molecule has 0 aliphatic heterocycles. The van der Waals surface area contributed by atoms with Gasteiger partial charge < -0.3 is 11.1 Å². The van der Waals surface area contributed by atoms with Crippen LogP contribution in [0.15, 0.2) is 36.5 Å². The number of aromatic nitrogens is 2. The molecular formula is C22H23F2N5O3S. The van der Waals surface area contributed by atoms with Gasteiger partial charge in [-0.15, -0.1) is 0 Å². The van der Waals surface area contributed by atoms with Crippen molar-refractivity contribution in [1.82, 2.24) is 15.3 Å². The lowest BCUT2D eigenvalue weighted by molar-refractivity contribution is -0.125. The molecule has 1 heterocycles. The van der Waals surface area contributed by atoms with Crippen molar-refractivity contribution in [2.75, 3.05) is 17.5 Å². The van der Waals surface area contributed by atoms with E-state index in [-0.39, 0.29) is 35.1 Å². The Bertz CT molecular complexity index is 1330. The quantitative estimate of drug-likeness (QED) is 0.520. The van der Waals surface area contributed by atoms with Crippen LogP contribution in [0.4, 0.5) is 20.4 Å². The summed E-state index contributed by atoms with van der Waals surface area (Å²) >= 11 is 0. The second-order valence-electron chi connectivity index (χ2n) is 8.03. The summed E-state index contributed by atoms with van der Waals surface area (Å²) in [6.07, 6.45) is 3.09. The van der Waals surface area contributed by atoms with Gasteiger partial charge in [0.05, 0.1) is 22.0 Å². The molecule has 1 fully saturated rings. The third-order valence-electron chi connectivity index (χ3n) is 5.91. The lowest BCUT2D eigenvalue weighted by atomic mass is 9.88. The van der Waals surface area contributed by atoms with Gasteiger partial charge in [0.1, 0.15) is 5.82 Å². The van der Waals surface area contributed by atoms with Gasteiger partial charge >= 0.3 is 0 Å². The fraction of sp³-hybridized carbons (Fsp3) is 0.318. The molecule has 11 heteroatoms. The van der Waals surface area contributed by atoms with E-state index >= 15 is 4.39 Å². The molecule has 8 nitrogen and oxygen atoms in total. The molecule has 1 amide bonds. The van der Waals surface area contributed by atoms with Gasteiger partial charge in [-0.3, -0.25) is 9.52 Å². The molecule has 33 heavy (non-hydrogen) atoms.